The van der Waals surface area contributed by atoms with Gasteiger partial charge in [-0.25, -0.2) is 0 Å². The van der Waals surface area contributed by atoms with Gasteiger partial charge in [0.15, 0.2) is 0 Å². The number of nitrogens with one attached hydrogen (secondary N) is 1. The van der Waals surface area contributed by atoms with Gasteiger partial charge in [-0.05, 0) is 56.2 Å². The first-order valence-corrected chi connectivity index (χ1v) is 8.73. The number of ether oxygens (including phenoxy) is 1. The summed E-state index contributed by atoms with van der Waals surface area (Å²) in [5.41, 5.74) is 7.37. The standard InChI is InChI=1S/C17H25BrN2O2/c1-12(2-3-13-4-6-15(18)7-5-13)20-17(21)16(19)14-8-10-22-11-9-14/h4-7,12,14,16H,2-3,8-11,19H2,1H3,(H,20,21). The first kappa shape index (κ1) is 17.4. The normalized spacial score (nSPS) is 18.7. The van der Waals surface area contributed by atoms with Crippen LogP contribution in [-0.2, 0) is 16.0 Å². The van der Waals surface area contributed by atoms with Gasteiger partial charge in [-0.3, -0.25) is 4.79 Å². The molecule has 2 unspecified atom stereocenters. The third-order valence-electron chi connectivity index (χ3n) is 4.24. The van der Waals surface area contributed by atoms with Gasteiger partial charge in [0.05, 0.1) is 6.04 Å². The minimum absolute atomic E-state index is 0.0322. The van der Waals surface area contributed by atoms with Crippen LogP contribution in [0.25, 0.3) is 0 Å². The smallest absolute Gasteiger partial charge is 0.237 e. The summed E-state index contributed by atoms with van der Waals surface area (Å²) in [6.07, 6.45) is 3.61. The predicted octanol–water partition coefficient (Wildman–Crippen LogP) is 2.64. The zero-order valence-electron chi connectivity index (χ0n) is 13.1. The molecule has 3 N–H and O–H groups in total. The van der Waals surface area contributed by atoms with Crippen LogP contribution in [0.4, 0.5) is 0 Å². The SMILES string of the molecule is CC(CCc1ccc(Br)cc1)NC(=O)C(N)C1CCOCC1. The van der Waals surface area contributed by atoms with Crippen molar-refractivity contribution in [1.29, 1.82) is 0 Å². The number of halogens is 1. The average Bonchev–Trinajstić information content (AvgIpc) is 2.54. The van der Waals surface area contributed by atoms with Crippen LogP contribution in [-0.4, -0.2) is 31.2 Å². The molecule has 0 aromatic heterocycles. The molecule has 1 aliphatic heterocycles. The summed E-state index contributed by atoms with van der Waals surface area (Å²) in [5.74, 6) is 0.211. The molecule has 1 saturated heterocycles. The van der Waals surface area contributed by atoms with Crippen LogP contribution in [0, 0.1) is 5.92 Å². The fourth-order valence-corrected chi connectivity index (χ4v) is 3.00. The van der Waals surface area contributed by atoms with Crippen LogP contribution in [0.5, 0.6) is 0 Å². The molecule has 1 amide bonds. The van der Waals surface area contributed by atoms with Crippen molar-refractivity contribution in [3.63, 3.8) is 0 Å². The molecule has 0 saturated carbocycles. The van der Waals surface area contributed by atoms with Gasteiger partial charge in [-0.1, -0.05) is 28.1 Å². The Bertz CT molecular complexity index is 472. The van der Waals surface area contributed by atoms with Gasteiger partial charge in [-0.15, -0.1) is 0 Å². The monoisotopic (exact) mass is 368 g/mol. The average molecular weight is 369 g/mol. The van der Waals surface area contributed by atoms with Gasteiger partial charge in [0.2, 0.25) is 5.91 Å². The molecule has 22 heavy (non-hydrogen) atoms. The largest absolute Gasteiger partial charge is 0.381 e. The van der Waals surface area contributed by atoms with Gasteiger partial charge < -0.3 is 15.8 Å². The number of benzene rings is 1. The summed E-state index contributed by atoms with van der Waals surface area (Å²) in [6, 6.07) is 8.00. The lowest BCUT2D eigenvalue weighted by molar-refractivity contribution is -0.125. The van der Waals surface area contributed by atoms with Crippen molar-refractivity contribution < 1.29 is 9.53 Å². The van der Waals surface area contributed by atoms with E-state index in [0.717, 1.165) is 30.2 Å². The molecule has 0 radical (unpaired) electrons. The Kier molecular flexibility index (Phi) is 6.86. The van der Waals surface area contributed by atoms with Crippen molar-refractivity contribution in [1.82, 2.24) is 5.32 Å². The Morgan fingerprint density at radius 1 is 1.36 bits per heavy atom. The molecule has 1 fully saturated rings. The highest BCUT2D eigenvalue weighted by atomic mass is 79.9. The van der Waals surface area contributed by atoms with E-state index in [2.05, 4.69) is 33.4 Å². The molecular weight excluding hydrogens is 344 g/mol. The Hall–Kier alpha value is -0.910. The van der Waals surface area contributed by atoms with Crippen LogP contribution < -0.4 is 11.1 Å². The third kappa shape index (κ3) is 5.38. The number of aryl methyl sites for hydroxylation is 1. The molecule has 2 atom stereocenters. The number of carbonyl (C=O) groups is 1. The Morgan fingerprint density at radius 3 is 2.64 bits per heavy atom. The summed E-state index contributed by atoms with van der Waals surface area (Å²) in [7, 11) is 0. The molecule has 1 heterocycles. The van der Waals surface area contributed by atoms with Crippen LogP contribution in [0.15, 0.2) is 28.7 Å². The van der Waals surface area contributed by atoms with E-state index >= 15 is 0 Å². The fourth-order valence-electron chi connectivity index (χ4n) is 2.73. The number of hydrogen-bond donors (Lipinski definition) is 2. The Labute approximate surface area is 140 Å². The van der Waals surface area contributed by atoms with E-state index in [-0.39, 0.29) is 17.9 Å². The molecular formula is C17H25BrN2O2. The van der Waals surface area contributed by atoms with Gasteiger partial charge in [0, 0.05) is 23.7 Å². The Balaban J connectivity index is 1.74. The van der Waals surface area contributed by atoms with E-state index in [9.17, 15) is 4.79 Å². The van der Waals surface area contributed by atoms with Gasteiger partial charge in [0.25, 0.3) is 0 Å². The highest BCUT2D eigenvalue weighted by Gasteiger charge is 2.27. The van der Waals surface area contributed by atoms with E-state index in [1.165, 1.54) is 5.56 Å². The number of amides is 1. The van der Waals surface area contributed by atoms with Crippen molar-refractivity contribution in [2.24, 2.45) is 11.7 Å². The van der Waals surface area contributed by atoms with Crippen molar-refractivity contribution in [3.8, 4) is 0 Å². The maximum atomic E-state index is 12.2. The summed E-state index contributed by atoms with van der Waals surface area (Å²) >= 11 is 3.43. The lowest BCUT2D eigenvalue weighted by atomic mass is 9.91. The molecule has 1 aliphatic rings. The maximum Gasteiger partial charge on any atom is 0.237 e. The minimum Gasteiger partial charge on any atom is -0.381 e. The number of carbonyl (C=O) groups excluding carboxylic acids is 1. The predicted molar refractivity (Wildman–Crippen MR) is 91.6 cm³/mol. The second-order valence-corrected chi connectivity index (χ2v) is 6.97. The third-order valence-corrected chi connectivity index (χ3v) is 4.77. The van der Waals surface area contributed by atoms with Crippen LogP contribution >= 0.6 is 15.9 Å². The molecule has 0 aliphatic carbocycles. The van der Waals surface area contributed by atoms with E-state index in [4.69, 9.17) is 10.5 Å². The summed E-state index contributed by atoms with van der Waals surface area (Å²) in [5, 5.41) is 3.04. The number of hydrogen-bond acceptors (Lipinski definition) is 3. The second kappa shape index (κ2) is 8.65. The van der Waals surface area contributed by atoms with Gasteiger partial charge in [-0.2, -0.15) is 0 Å². The molecule has 4 nitrogen and oxygen atoms in total. The van der Waals surface area contributed by atoms with E-state index < -0.39 is 6.04 Å². The lowest BCUT2D eigenvalue weighted by Gasteiger charge is -2.27. The van der Waals surface area contributed by atoms with Crippen LogP contribution in [0.2, 0.25) is 0 Å². The van der Waals surface area contributed by atoms with Crippen molar-refractivity contribution in [2.45, 2.75) is 44.7 Å². The van der Waals surface area contributed by atoms with Crippen molar-refractivity contribution in [3.05, 3.63) is 34.3 Å². The minimum atomic E-state index is -0.418. The first-order valence-electron chi connectivity index (χ1n) is 7.94. The molecule has 122 valence electrons. The lowest BCUT2D eigenvalue weighted by Crippen LogP contribution is -2.49. The van der Waals surface area contributed by atoms with Crippen molar-refractivity contribution >= 4 is 21.8 Å². The van der Waals surface area contributed by atoms with Gasteiger partial charge >= 0.3 is 0 Å². The zero-order chi connectivity index (χ0) is 15.9. The van der Waals surface area contributed by atoms with E-state index in [1.807, 2.05) is 19.1 Å². The molecule has 0 bridgehead atoms. The molecule has 1 aromatic carbocycles. The molecule has 0 spiro atoms. The topological polar surface area (TPSA) is 64.4 Å². The number of nitrogens with two attached hydrogens (primary N) is 1. The highest BCUT2D eigenvalue weighted by Crippen LogP contribution is 2.18. The summed E-state index contributed by atoms with van der Waals surface area (Å²) in [6.45, 7) is 3.46. The molecule has 5 heteroatoms. The van der Waals surface area contributed by atoms with E-state index in [1.54, 1.807) is 0 Å². The first-order chi connectivity index (χ1) is 10.6. The molecule has 2 rings (SSSR count). The number of rotatable bonds is 6. The zero-order valence-corrected chi connectivity index (χ0v) is 14.6. The quantitative estimate of drug-likeness (QED) is 0.810. The van der Waals surface area contributed by atoms with Crippen molar-refractivity contribution in [2.75, 3.05) is 13.2 Å². The second-order valence-electron chi connectivity index (χ2n) is 6.05. The van der Waals surface area contributed by atoms with Crippen LogP contribution in [0.1, 0.15) is 31.7 Å². The van der Waals surface area contributed by atoms with Gasteiger partial charge in [0.1, 0.15) is 0 Å². The summed E-state index contributed by atoms with van der Waals surface area (Å²) in [4.78, 5) is 12.2. The van der Waals surface area contributed by atoms with E-state index in [0.29, 0.717) is 13.2 Å². The summed E-state index contributed by atoms with van der Waals surface area (Å²) < 4.78 is 6.40. The Morgan fingerprint density at radius 2 is 2.00 bits per heavy atom. The molecule has 1 aromatic rings. The maximum absolute atomic E-state index is 12.2. The van der Waals surface area contributed by atoms with Crippen LogP contribution in [0.3, 0.4) is 0 Å². The highest BCUT2D eigenvalue weighted by molar-refractivity contribution is 9.10. The fraction of sp³-hybridized carbons (Fsp3) is 0.588.